The molecule has 3 aromatic rings. The number of hydrogen-bond acceptors (Lipinski definition) is 4. The first-order chi connectivity index (χ1) is 15.2. The molecule has 0 saturated heterocycles. The number of carbonyl (C=O) groups excluding carboxylic acids is 1. The third-order valence-electron chi connectivity index (χ3n) is 4.31. The van der Waals surface area contributed by atoms with Crippen molar-refractivity contribution in [1.29, 1.82) is 0 Å². The van der Waals surface area contributed by atoms with Crippen LogP contribution in [0.15, 0.2) is 95.0 Å². The molecule has 31 heavy (non-hydrogen) atoms. The largest absolute Gasteiger partial charge is 0.490 e. The van der Waals surface area contributed by atoms with Gasteiger partial charge in [0.2, 0.25) is 0 Å². The highest BCUT2D eigenvalue weighted by Crippen LogP contribution is 2.22. The van der Waals surface area contributed by atoms with E-state index in [1.165, 1.54) is 0 Å². The van der Waals surface area contributed by atoms with E-state index in [1.54, 1.807) is 30.5 Å². The Morgan fingerprint density at radius 1 is 0.968 bits per heavy atom. The summed E-state index contributed by atoms with van der Waals surface area (Å²) in [6, 6.07) is 22.4. The molecule has 5 nitrogen and oxygen atoms in total. The number of carbonyl (C=O) groups is 1. The number of para-hydroxylation sites is 1. The number of hydrogen-bond donors (Lipinski definition) is 1. The van der Waals surface area contributed by atoms with Crippen molar-refractivity contribution in [2.45, 2.75) is 6.42 Å². The molecule has 0 aliphatic carbocycles. The van der Waals surface area contributed by atoms with Gasteiger partial charge in [0.1, 0.15) is 24.7 Å². The zero-order chi connectivity index (χ0) is 21.9. The number of rotatable bonds is 10. The van der Waals surface area contributed by atoms with Crippen LogP contribution in [-0.4, -0.2) is 25.3 Å². The first kappa shape index (κ1) is 22.3. The normalized spacial score (nSPS) is 10.6. The van der Waals surface area contributed by atoms with Crippen molar-refractivity contribution in [3.8, 4) is 11.5 Å². The highest BCUT2D eigenvalue weighted by atomic mass is 79.9. The van der Waals surface area contributed by atoms with Crippen LogP contribution in [-0.2, 0) is 6.42 Å². The lowest BCUT2D eigenvalue weighted by atomic mass is 10.1. The van der Waals surface area contributed by atoms with Crippen LogP contribution in [0.2, 0.25) is 0 Å². The van der Waals surface area contributed by atoms with Gasteiger partial charge in [-0.05, 0) is 48.4 Å². The zero-order valence-electron chi connectivity index (χ0n) is 17.0. The number of nitrogens with zero attached hydrogens (tertiary/aromatic N) is 1. The van der Waals surface area contributed by atoms with Crippen LogP contribution >= 0.6 is 15.9 Å². The van der Waals surface area contributed by atoms with Gasteiger partial charge in [0.15, 0.2) is 0 Å². The number of benzene rings is 3. The van der Waals surface area contributed by atoms with Gasteiger partial charge in [-0.25, -0.2) is 5.43 Å². The van der Waals surface area contributed by atoms with Crippen molar-refractivity contribution in [2.75, 3.05) is 13.2 Å². The number of allylic oxidation sites excluding steroid dienone is 1. The lowest BCUT2D eigenvalue weighted by Gasteiger charge is -2.12. The van der Waals surface area contributed by atoms with Gasteiger partial charge >= 0.3 is 0 Å². The highest BCUT2D eigenvalue weighted by Gasteiger charge is 2.06. The Balaban J connectivity index is 1.57. The second-order valence-corrected chi connectivity index (χ2v) is 7.46. The molecular weight excluding hydrogens is 456 g/mol. The Labute approximate surface area is 190 Å². The van der Waals surface area contributed by atoms with E-state index in [0.29, 0.717) is 24.5 Å². The maximum atomic E-state index is 12.1. The number of amides is 1. The molecule has 1 amide bonds. The minimum Gasteiger partial charge on any atom is -0.490 e. The molecule has 3 aromatic carbocycles. The van der Waals surface area contributed by atoms with Crippen LogP contribution in [0.25, 0.3) is 0 Å². The Kier molecular flexibility index (Phi) is 8.43. The third kappa shape index (κ3) is 6.83. The zero-order valence-corrected chi connectivity index (χ0v) is 18.5. The lowest BCUT2D eigenvalue weighted by molar-refractivity contribution is 0.0955. The van der Waals surface area contributed by atoms with E-state index in [-0.39, 0.29) is 5.91 Å². The summed E-state index contributed by atoms with van der Waals surface area (Å²) in [5.74, 6) is 1.19. The summed E-state index contributed by atoms with van der Waals surface area (Å²) in [5.41, 5.74) is 4.89. The fourth-order valence-corrected chi connectivity index (χ4v) is 3.22. The van der Waals surface area contributed by atoms with Crippen molar-refractivity contribution in [2.24, 2.45) is 5.10 Å². The summed E-state index contributed by atoms with van der Waals surface area (Å²) in [6.07, 6.45) is 4.16. The van der Waals surface area contributed by atoms with Gasteiger partial charge in [0, 0.05) is 15.6 Å². The second-order valence-electron chi connectivity index (χ2n) is 6.54. The van der Waals surface area contributed by atoms with Gasteiger partial charge in [-0.2, -0.15) is 5.10 Å². The molecule has 1 N–H and O–H groups in total. The fourth-order valence-electron chi connectivity index (χ4n) is 2.84. The summed E-state index contributed by atoms with van der Waals surface area (Å²) in [7, 11) is 0. The summed E-state index contributed by atoms with van der Waals surface area (Å²) < 4.78 is 12.6. The number of ether oxygens (including phenoxy) is 2. The third-order valence-corrected chi connectivity index (χ3v) is 4.81. The SMILES string of the molecule is C=CCc1ccccc1OCCOc1ccc(Br)cc1/C=N/NC(=O)c1ccccc1. The van der Waals surface area contributed by atoms with Gasteiger partial charge in [0.25, 0.3) is 5.91 Å². The molecule has 0 heterocycles. The molecule has 0 aliphatic rings. The minimum absolute atomic E-state index is 0.277. The molecule has 6 heteroatoms. The molecule has 3 rings (SSSR count). The first-order valence-corrected chi connectivity index (χ1v) is 10.6. The van der Waals surface area contributed by atoms with Gasteiger partial charge in [0.05, 0.1) is 6.21 Å². The van der Waals surface area contributed by atoms with Crippen molar-refractivity contribution in [1.82, 2.24) is 5.43 Å². The molecule has 0 aliphatic heterocycles. The molecule has 0 radical (unpaired) electrons. The van der Waals surface area contributed by atoms with Gasteiger partial charge in [-0.1, -0.05) is 58.4 Å². The lowest BCUT2D eigenvalue weighted by Crippen LogP contribution is -2.17. The molecule has 0 aromatic heterocycles. The molecule has 0 spiro atoms. The van der Waals surface area contributed by atoms with Gasteiger partial charge < -0.3 is 9.47 Å². The van der Waals surface area contributed by atoms with E-state index < -0.39 is 0 Å². The molecule has 0 atom stereocenters. The molecule has 0 saturated carbocycles. The van der Waals surface area contributed by atoms with Crippen molar-refractivity contribution >= 4 is 28.1 Å². The van der Waals surface area contributed by atoms with E-state index in [2.05, 4.69) is 33.0 Å². The van der Waals surface area contributed by atoms with E-state index in [4.69, 9.17) is 9.47 Å². The van der Waals surface area contributed by atoms with Crippen LogP contribution in [0.5, 0.6) is 11.5 Å². The maximum Gasteiger partial charge on any atom is 0.271 e. The predicted octanol–water partition coefficient (Wildman–Crippen LogP) is 5.40. The Morgan fingerprint density at radius 3 is 2.45 bits per heavy atom. The number of hydrazone groups is 1. The van der Waals surface area contributed by atoms with Gasteiger partial charge in [-0.3, -0.25) is 4.79 Å². The monoisotopic (exact) mass is 478 g/mol. The molecular formula is C25H23BrN2O3. The average molecular weight is 479 g/mol. The smallest absolute Gasteiger partial charge is 0.271 e. The average Bonchev–Trinajstić information content (AvgIpc) is 2.79. The quantitative estimate of drug-likeness (QED) is 0.183. The summed E-state index contributed by atoms with van der Waals surface area (Å²) in [4.78, 5) is 12.1. The van der Waals surface area contributed by atoms with E-state index in [9.17, 15) is 4.79 Å². The van der Waals surface area contributed by atoms with Crippen LogP contribution in [0, 0.1) is 0 Å². The van der Waals surface area contributed by atoms with E-state index in [0.717, 1.165) is 27.8 Å². The molecule has 0 bridgehead atoms. The predicted molar refractivity (Wildman–Crippen MR) is 127 cm³/mol. The second kappa shape index (κ2) is 11.7. The standard InChI is InChI=1S/C25H23BrN2O3/c1-2-8-19-9-6-7-12-23(19)30-15-16-31-24-14-13-22(26)17-21(24)18-27-28-25(29)20-10-4-3-5-11-20/h2-7,9-14,17-18H,1,8,15-16H2,(H,28,29)/b27-18+. The van der Waals surface area contributed by atoms with Crippen molar-refractivity contribution in [3.05, 3.63) is 107 Å². The van der Waals surface area contributed by atoms with Crippen LogP contribution in [0.4, 0.5) is 0 Å². The van der Waals surface area contributed by atoms with Crippen LogP contribution < -0.4 is 14.9 Å². The molecule has 0 fully saturated rings. The molecule has 158 valence electrons. The number of nitrogens with one attached hydrogen (secondary N) is 1. The highest BCUT2D eigenvalue weighted by molar-refractivity contribution is 9.10. The van der Waals surface area contributed by atoms with Crippen molar-refractivity contribution in [3.63, 3.8) is 0 Å². The fraction of sp³-hybridized carbons (Fsp3) is 0.120. The minimum atomic E-state index is -0.277. The summed E-state index contributed by atoms with van der Waals surface area (Å²) >= 11 is 3.45. The Bertz CT molecular complexity index is 1050. The van der Waals surface area contributed by atoms with E-state index >= 15 is 0 Å². The Morgan fingerprint density at radius 2 is 1.68 bits per heavy atom. The maximum absolute atomic E-state index is 12.1. The van der Waals surface area contributed by atoms with Crippen LogP contribution in [0.1, 0.15) is 21.5 Å². The Hall–Kier alpha value is -3.38. The first-order valence-electron chi connectivity index (χ1n) is 9.80. The summed E-state index contributed by atoms with van der Waals surface area (Å²) in [5, 5.41) is 4.06. The molecule has 0 unspecified atom stereocenters. The van der Waals surface area contributed by atoms with E-state index in [1.807, 2.05) is 54.6 Å². The van der Waals surface area contributed by atoms with Gasteiger partial charge in [-0.15, -0.1) is 6.58 Å². The van der Waals surface area contributed by atoms with Crippen LogP contribution in [0.3, 0.4) is 0 Å². The van der Waals surface area contributed by atoms with Crippen molar-refractivity contribution < 1.29 is 14.3 Å². The summed E-state index contributed by atoms with van der Waals surface area (Å²) in [6.45, 7) is 4.54. The number of halogens is 1. The topological polar surface area (TPSA) is 59.9 Å².